The molecule has 1 N–H and O–H groups in total. The smallest absolute Gasteiger partial charge is 0.410 e. The van der Waals surface area contributed by atoms with Gasteiger partial charge in [-0.05, 0) is 77.8 Å². The Morgan fingerprint density at radius 3 is 2.42 bits per heavy atom. The van der Waals surface area contributed by atoms with Crippen LogP contribution in [0.2, 0.25) is 0 Å². The molecule has 2 amide bonds. The van der Waals surface area contributed by atoms with Crippen LogP contribution < -0.4 is 10.1 Å². The van der Waals surface area contributed by atoms with Crippen LogP contribution in [-0.4, -0.2) is 84.2 Å². The van der Waals surface area contributed by atoms with Gasteiger partial charge in [-0.3, -0.25) is 14.7 Å². The van der Waals surface area contributed by atoms with Crippen molar-refractivity contribution in [1.82, 2.24) is 20.1 Å². The molecule has 0 bridgehead atoms. The Bertz CT molecular complexity index is 1210. The Kier molecular flexibility index (Phi) is 10.1. The third-order valence-electron chi connectivity index (χ3n) is 6.61. The Labute approximate surface area is 237 Å². The number of hydrogen-bond acceptors (Lipinski definition) is 8. The molecule has 10 heteroatoms. The van der Waals surface area contributed by atoms with Crippen molar-refractivity contribution in [2.45, 2.75) is 66.2 Å². The van der Waals surface area contributed by atoms with Crippen LogP contribution in [-0.2, 0) is 9.47 Å². The molecule has 40 heavy (non-hydrogen) atoms. The van der Waals surface area contributed by atoms with Crippen molar-refractivity contribution in [2.24, 2.45) is 0 Å². The van der Waals surface area contributed by atoms with Crippen LogP contribution in [0.25, 0.3) is 0 Å². The van der Waals surface area contributed by atoms with E-state index in [-0.39, 0.29) is 23.6 Å². The normalized spacial score (nSPS) is 16.7. The molecule has 1 aromatic heterocycles. The van der Waals surface area contributed by atoms with Crippen LogP contribution in [0.4, 0.5) is 4.79 Å². The lowest BCUT2D eigenvalue weighted by Gasteiger charge is -2.41. The molecule has 0 radical (unpaired) electrons. The number of hydrogen-bond donors (Lipinski definition) is 1. The summed E-state index contributed by atoms with van der Waals surface area (Å²) < 4.78 is 17.0. The second-order valence-corrected chi connectivity index (χ2v) is 11.2. The van der Waals surface area contributed by atoms with Gasteiger partial charge in [0.15, 0.2) is 6.10 Å². The first-order valence-corrected chi connectivity index (χ1v) is 13.6. The lowest BCUT2D eigenvalue weighted by Crippen LogP contribution is -2.55. The molecular weight excluding hydrogens is 512 g/mol. The first kappa shape index (κ1) is 30.9. The molecule has 10 nitrogen and oxygen atoms in total. The zero-order valence-electron chi connectivity index (χ0n) is 24.9. The number of methoxy groups -OCH3 is 1. The minimum absolute atomic E-state index is 0.0669. The Morgan fingerprint density at radius 2 is 1.85 bits per heavy atom. The third-order valence-corrected chi connectivity index (χ3v) is 6.61. The summed E-state index contributed by atoms with van der Waals surface area (Å²) in [5, 5.41) is 2.80. The predicted molar refractivity (Wildman–Crippen MR) is 152 cm³/mol. The molecule has 1 fully saturated rings. The first-order valence-electron chi connectivity index (χ1n) is 13.6. The van der Waals surface area contributed by atoms with Crippen molar-refractivity contribution >= 4 is 18.0 Å². The van der Waals surface area contributed by atoms with Gasteiger partial charge in [-0.15, -0.1) is 0 Å². The van der Waals surface area contributed by atoms with Crippen molar-refractivity contribution < 1.29 is 28.6 Å². The van der Waals surface area contributed by atoms with E-state index in [2.05, 4.69) is 15.2 Å². The summed E-state index contributed by atoms with van der Waals surface area (Å²) in [6, 6.07) is 7.03. The number of ether oxygens (including phenoxy) is 3. The highest BCUT2D eigenvalue weighted by atomic mass is 16.6. The predicted octanol–water partition coefficient (Wildman–Crippen LogP) is 4.30. The quantitative estimate of drug-likeness (QED) is 0.481. The average Bonchev–Trinajstić information content (AvgIpc) is 2.87. The number of carbonyl (C=O) groups is 3. The van der Waals surface area contributed by atoms with Gasteiger partial charge in [0.1, 0.15) is 11.4 Å². The van der Waals surface area contributed by atoms with E-state index in [4.69, 9.17) is 14.2 Å². The van der Waals surface area contributed by atoms with E-state index in [1.807, 2.05) is 53.7 Å². The van der Waals surface area contributed by atoms with E-state index in [1.54, 1.807) is 24.1 Å². The van der Waals surface area contributed by atoms with Gasteiger partial charge in [-0.1, -0.05) is 6.07 Å². The molecule has 1 aliphatic heterocycles. The maximum absolute atomic E-state index is 13.0. The van der Waals surface area contributed by atoms with E-state index in [0.29, 0.717) is 55.3 Å². The lowest BCUT2D eigenvalue weighted by atomic mass is 10.0. The molecule has 0 unspecified atom stereocenters. The summed E-state index contributed by atoms with van der Waals surface area (Å²) in [5.74, 6) is -0.523. The lowest BCUT2D eigenvalue weighted by molar-refractivity contribution is -0.00317. The van der Waals surface area contributed by atoms with E-state index >= 15 is 0 Å². The number of nitrogens with one attached hydrogen (secondary N) is 1. The fourth-order valence-corrected chi connectivity index (χ4v) is 4.58. The number of nitrogens with zero attached hydrogens (tertiary/aromatic N) is 3. The molecule has 2 atom stereocenters. The number of pyridine rings is 1. The van der Waals surface area contributed by atoms with Crippen LogP contribution in [0.1, 0.15) is 78.3 Å². The fourth-order valence-electron chi connectivity index (χ4n) is 4.58. The van der Waals surface area contributed by atoms with Crippen molar-refractivity contribution in [3.8, 4) is 5.75 Å². The van der Waals surface area contributed by atoms with E-state index in [9.17, 15) is 14.4 Å². The van der Waals surface area contributed by atoms with Crippen LogP contribution in [0.5, 0.6) is 5.75 Å². The van der Waals surface area contributed by atoms with Gasteiger partial charge >= 0.3 is 12.1 Å². The second kappa shape index (κ2) is 13.1. The molecular formula is C30H42N4O6. The summed E-state index contributed by atoms with van der Waals surface area (Å²) in [4.78, 5) is 46.7. The molecule has 1 aliphatic rings. The topological polar surface area (TPSA) is 110 Å². The maximum atomic E-state index is 13.0. The largest absolute Gasteiger partial charge is 0.482 e. The molecule has 2 heterocycles. The Hall–Kier alpha value is -3.66. The first-order chi connectivity index (χ1) is 18.8. The number of piperazine rings is 1. The Balaban J connectivity index is 1.90. The van der Waals surface area contributed by atoms with Gasteiger partial charge in [-0.2, -0.15) is 0 Å². The number of carbonyl (C=O) groups excluding carboxylic acids is 3. The van der Waals surface area contributed by atoms with Crippen LogP contribution in [0, 0.1) is 13.8 Å². The van der Waals surface area contributed by atoms with Crippen molar-refractivity contribution in [3.63, 3.8) is 0 Å². The Morgan fingerprint density at radius 1 is 1.12 bits per heavy atom. The molecule has 2 aromatic rings. The van der Waals surface area contributed by atoms with Crippen LogP contribution in [0.15, 0.2) is 30.5 Å². The monoisotopic (exact) mass is 554 g/mol. The minimum Gasteiger partial charge on any atom is -0.482 e. The van der Waals surface area contributed by atoms with Gasteiger partial charge in [-0.25, -0.2) is 9.59 Å². The zero-order valence-corrected chi connectivity index (χ0v) is 24.9. The summed E-state index contributed by atoms with van der Waals surface area (Å²) in [7, 11) is 1.31. The van der Waals surface area contributed by atoms with Gasteiger partial charge in [0, 0.05) is 45.0 Å². The molecule has 1 saturated heterocycles. The SMILES string of the molecule is CCNC(=O)c1cc(C(=O)OC)c(C)cc1O[C@H](CN1CCN(C(=O)OC(C)(C)C)[C@H](C)C1)c1ccc(C)cn1. The summed E-state index contributed by atoms with van der Waals surface area (Å²) in [6.07, 6.45) is 0.947. The number of esters is 1. The average molecular weight is 555 g/mol. The van der Waals surface area contributed by atoms with Crippen LogP contribution in [0.3, 0.4) is 0 Å². The highest BCUT2D eigenvalue weighted by molar-refractivity contribution is 6.01. The molecule has 1 aromatic carbocycles. The van der Waals surface area contributed by atoms with Gasteiger partial charge in [0.05, 0.1) is 23.9 Å². The van der Waals surface area contributed by atoms with Crippen molar-refractivity contribution in [3.05, 3.63) is 58.4 Å². The van der Waals surface area contributed by atoms with Crippen molar-refractivity contribution in [2.75, 3.05) is 39.8 Å². The highest BCUT2D eigenvalue weighted by Crippen LogP contribution is 2.30. The highest BCUT2D eigenvalue weighted by Gasteiger charge is 2.33. The van der Waals surface area contributed by atoms with E-state index < -0.39 is 17.7 Å². The number of amides is 2. The van der Waals surface area contributed by atoms with E-state index in [1.165, 1.54) is 13.2 Å². The minimum atomic E-state index is -0.562. The van der Waals surface area contributed by atoms with Gasteiger partial charge < -0.3 is 24.4 Å². The number of aromatic nitrogens is 1. The number of benzene rings is 1. The summed E-state index contributed by atoms with van der Waals surface area (Å²) in [6.45, 7) is 15.8. The number of aryl methyl sites for hydroxylation is 2. The number of rotatable bonds is 8. The zero-order chi connectivity index (χ0) is 29.6. The van der Waals surface area contributed by atoms with Crippen molar-refractivity contribution in [1.29, 1.82) is 0 Å². The molecule has 0 saturated carbocycles. The molecule has 0 aliphatic carbocycles. The fraction of sp³-hybridized carbons (Fsp3) is 0.533. The summed E-state index contributed by atoms with van der Waals surface area (Å²) in [5.41, 5.74) is 2.34. The third kappa shape index (κ3) is 7.94. The molecule has 218 valence electrons. The standard InChI is InChI=1S/C30H42N4O6/c1-9-31-27(35)23-15-22(28(36)38-8)20(3)14-25(23)39-26(24-11-10-19(2)16-32-24)18-33-12-13-34(21(4)17-33)29(37)40-30(5,6)7/h10-11,14-16,21,26H,9,12-13,17-18H2,1-8H3,(H,31,35)/t21-,26-/m1/s1. The summed E-state index contributed by atoms with van der Waals surface area (Å²) >= 11 is 0. The second-order valence-electron chi connectivity index (χ2n) is 11.2. The van der Waals surface area contributed by atoms with Gasteiger partial charge in [0.2, 0.25) is 0 Å². The molecule has 3 rings (SSSR count). The maximum Gasteiger partial charge on any atom is 0.410 e. The molecule has 0 spiro atoms. The van der Waals surface area contributed by atoms with Crippen LogP contribution >= 0.6 is 0 Å². The van der Waals surface area contributed by atoms with E-state index in [0.717, 1.165) is 5.56 Å². The van der Waals surface area contributed by atoms with Gasteiger partial charge in [0.25, 0.3) is 5.91 Å².